The van der Waals surface area contributed by atoms with Gasteiger partial charge in [-0.2, -0.15) is 13.2 Å². The minimum Gasteiger partial charge on any atom is -0.455 e. The molecular weight excluding hydrogens is 315 g/mol. The fraction of sp³-hybridized carbons (Fsp3) is 0.250. The van der Waals surface area contributed by atoms with Crippen LogP contribution >= 0.6 is 11.6 Å². The lowest BCUT2D eigenvalue weighted by Gasteiger charge is -2.22. The van der Waals surface area contributed by atoms with Crippen molar-refractivity contribution in [1.82, 2.24) is 0 Å². The maximum Gasteiger partial charge on any atom is 0.416 e. The summed E-state index contributed by atoms with van der Waals surface area (Å²) in [5.74, 6) is 0.870. The third-order valence-electron chi connectivity index (χ3n) is 3.21. The van der Waals surface area contributed by atoms with Crippen molar-refractivity contribution >= 4 is 17.3 Å². The molecule has 0 saturated carbocycles. The van der Waals surface area contributed by atoms with Gasteiger partial charge in [-0.15, -0.1) is 0 Å². The van der Waals surface area contributed by atoms with E-state index in [1.165, 1.54) is 6.07 Å². The lowest BCUT2D eigenvalue weighted by molar-refractivity contribution is -0.137. The highest BCUT2D eigenvalue weighted by molar-refractivity contribution is 6.30. The van der Waals surface area contributed by atoms with Gasteiger partial charge in [-0.1, -0.05) is 11.6 Å². The summed E-state index contributed by atoms with van der Waals surface area (Å²) in [5, 5.41) is 0.561. The number of halogens is 4. The summed E-state index contributed by atoms with van der Waals surface area (Å²) in [7, 11) is 1.71. The molecule has 0 saturated heterocycles. The first-order chi connectivity index (χ1) is 10.3. The van der Waals surface area contributed by atoms with Crippen LogP contribution in [-0.4, -0.2) is 13.6 Å². The van der Waals surface area contributed by atoms with E-state index >= 15 is 0 Å². The van der Waals surface area contributed by atoms with Crippen LogP contribution in [0.15, 0.2) is 42.5 Å². The number of benzene rings is 2. The van der Waals surface area contributed by atoms with Crippen molar-refractivity contribution < 1.29 is 17.9 Å². The van der Waals surface area contributed by atoms with Crippen molar-refractivity contribution in [2.45, 2.75) is 13.1 Å². The third kappa shape index (κ3) is 3.85. The van der Waals surface area contributed by atoms with Gasteiger partial charge in [0.2, 0.25) is 0 Å². The Morgan fingerprint density at radius 2 is 1.73 bits per heavy atom. The van der Waals surface area contributed by atoms with Gasteiger partial charge in [-0.3, -0.25) is 0 Å². The quantitative estimate of drug-likeness (QED) is 0.723. The SMILES string of the molecule is CCN(C)c1cc(C(F)(F)F)ccc1Oc1ccc(Cl)cc1. The summed E-state index contributed by atoms with van der Waals surface area (Å²) in [6, 6.07) is 10.1. The molecule has 0 unspecified atom stereocenters. The van der Waals surface area contributed by atoms with Crippen LogP contribution in [0.1, 0.15) is 12.5 Å². The van der Waals surface area contributed by atoms with E-state index in [0.717, 1.165) is 12.1 Å². The van der Waals surface area contributed by atoms with Crippen molar-refractivity contribution in [2.24, 2.45) is 0 Å². The number of ether oxygens (including phenoxy) is 1. The lowest BCUT2D eigenvalue weighted by atomic mass is 10.1. The third-order valence-corrected chi connectivity index (χ3v) is 3.47. The largest absolute Gasteiger partial charge is 0.455 e. The zero-order valence-corrected chi connectivity index (χ0v) is 12.9. The number of rotatable bonds is 4. The molecule has 0 bridgehead atoms. The minimum atomic E-state index is -4.39. The molecule has 118 valence electrons. The maximum atomic E-state index is 12.9. The first kappa shape index (κ1) is 16.5. The fourth-order valence-corrected chi connectivity index (χ4v) is 2.00. The van der Waals surface area contributed by atoms with Crippen molar-refractivity contribution in [2.75, 3.05) is 18.5 Å². The second kappa shape index (κ2) is 6.48. The Hall–Kier alpha value is -1.88. The Morgan fingerprint density at radius 3 is 2.27 bits per heavy atom. The predicted octanol–water partition coefficient (Wildman–Crippen LogP) is 5.61. The van der Waals surface area contributed by atoms with Crippen LogP contribution < -0.4 is 9.64 Å². The molecule has 0 aliphatic heterocycles. The van der Waals surface area contributed by atoms with Crippen LogP contribution in [0, 0.1) is 0 Å². The number of anilines is 1. The van der Waals surface area contributed by atoms with Gasteiger partial charge in [0.05, 0.1) is 11.3 Å². The summed E-state index contributed by atoms with van der Waals surface area (Å²) in [5.41, 5.74) is -0.321. The highest BCUT2D eigenvalue weighted by atomic mass is 35.5. The molecule has 2 aromatic rings. The molecule has 0 heterocycles. The molecule has 0 radical (unpaired) electrons. The Bertz CT molecular complexity index is 641. The van der Waals surface area contributed by atoms with Gasteiger partial charge < -0.3 is 9.64 Å². The van der Waals surface area contributed by atoms with Crippen molar-refractivity contribution in [3.05, 3.63) is 53.1 Å². The number of nitrogens with zero attached hydrogens (tertiary/aromatic N) is 1. The predicted molar refractivity (Wildman–Crippen MR) is 81.9 cm³/mol. The maximum absolute atomic E-state index is 12.9. The Kier molecular flexibility index (Phi) is 4.86. The molecule has 0 aliphatic rings. The Balaban J connectivity index is 2.39. The van der Waals surface area contributed by atoms with Crippen LogP contribution in [0.3, 0.4) is 0 Å². The zero-order chi connectivity index (χ0) is 16.3. The molecule has 0 aliphatic carbocycles. The first-order valence-corrected chi connectivity index (χ1v) is 7.05. The smallest absolute Gasteiger partial charge is 0.416 e. The minimum absolute atomic E-state index is 0.361. The fourth-order valence-electron chi connectivity index (χ4n) is 1.88. The summed E-state index contributed by atoms with van der Waals surface area (Å²) in [6.45, 7) is 2.41. The number of hydrogen-bond donors (Lipinski definition) is 0. The van der Waals surface area contributed by atoms with Crippen LogP contribution in [0.25, 0.3) is 0 Å². The summed E-state index contributed by atoms with van der Waals surface area (Å²) in [6.07, 6.45) is -4.39. The number of hydrogen-bond acceptors (Lipinski definition) is 2. The summed E-state index contributed by atoms with van der Waals surface area (Å²) < 4.78 is 44.3. The Labute approximate surface area is 132 Å². The molecule has 0 atom stereocenters. The molecule has 2 aromatic carbocycles. The topological polar surface area (TPSA) is 12.5 Å². The zero-order valence-electron chi connectivity index (χ0n) is 12.1. The van der Waals surface area contributed by atoms with Crippen LogP contribution in [0.2, 0.25) is 5.02 Å². The summed E-state index contributed by atoms with van der Waals surface area (Å²) in [4.78, 5) is 1.69. The molecular formula is C16H15ClF3NO. The van der Waals surface area contributed by atoms with Gasteiger partial charge in [0, 0.05) is 18.6 Å². The molecule has 0 N–H and O–H groups in total. The molecule has 2 nitrogen and oxygen atoms in total. The molecule has 6 heteroatoms. The standard InChI is InChI=1S/C16H15ClF3NO/c1-3-21(2)14-10-11(16(18,19)20)4-9-15(14)22-13-7-5-12(17)6-8-13/h4-10H,3H2,1-2H3. The van der Waals surface area contributed by atoms with Crippen LogP contribution in [0.4, 0.5) is 18.9 Å². The van der Waals surface area contributed by atoms with Gasteiger partial charge >= 0.3 is 6.18 Å². The lowest BCUT2D eigenvalue weighted by Crippen LogP contribution is -2.17. The average molecular weight is 330 g/mol. The molecule has 2 rings (SSSR count). The van der Waals surface area contributed by atoms with Crippen molar-refractivity contribution in [3.63, 3.8) is 0 Å². The second-order valence-corrected chi connectivity index (χ2v) is 5.19. The van der Waals surface area contributed by atoms with Crippen LogP contribution in [-0.2, 0) is 6.18 Å². The molecule has 0 spiro atoms. The van der Waals surface area contributed by atoms with E-state index in [1.807, 2.05) is 6.92 Å². The van der Waals surface area contributed by atoms with E-state index in [1.54, 1.807) is 36.2 Å². The van der Waals surface area contributed by atoms with Gasteiger partial charge in [0.15, 0.2) is 5.75 Å². The average Bonchev–Trinajstić information content (AvgIpc) is 2.48. The van der Waals surface area contributed by atoms with Crippen molar-refractivity contribution in [3.8, 4) is 11.5 Å². The number of alkyl halides is 3. The van der Waals surface area contributed by atoms with Crippen molar-refractivity contribution in [1.29, 1.82) is 0 Å². The van der Waals surface area contributed by atoms with E-state index in [9.17, 15) is 13.2 Å². The van der Waals surface area contributed by atoms with E-state index in [-0.39, 0.29) is 0 Å². The molecule has 0 fully saturated rings. The van der Waals surface area contributed by atoms with Gasteiger partial charge in [-0.05, 0) is 49.4 Å². The Morgan fingerprint density at radius 1 is 1.09 bits per heavy atom. The van der Waals surface area contributed by atoms with E-state index in [4.69, 9.17) is 16.3 Å². The monoisotopic (exact) mass is 329 g/mol. The van der Waals surface area contributed by atoms with Crippen LogP contribution in [0.5, 0.6) is 11.5 Å². The van der Waals surface area contributed by atoms with E-state index < -0.39 is 11.7 Å². The highest BCUT2D eigenvalue weighted by Gasteiger charge is 2.31. The van der Waals surface area contributed by atoms with E-state index in [2.05, 4.69) is 0 Å². The summed E-state index contributed by atoms with van der Waals surface area (Å²) >= 11 is 5.80. The molecule has 0 aromatic heterocycles. The van der Waals surface area contributed by atoms with Gasteiger partial charge in [-0.25, -0.2) is 0 Å². The molecule has 0 amide bonds. The highest BCUT2D eigenvalue weighted by Crippen LogP contribution is 2.38. The molecule has 22 heavy (non-hydrogen) atoms. The normalized spacial score (nSPS) is 11.4. The van der Waals surface area contributed by atoms with Gasteiger partial charge in [0.25, 0.3) is 0 Å². The van der Waals surface area contributed by atoms with E-state index in [0.29, 0.717) is 28.8 Å². The van der Waals surface area contributed by atoms with Gasteiger partial charge in [0.1, 0.15) is 5.75 Å². The second-order valence-electron chi connectivity index (χ2n) is 4.75. The first-order valence-electron chi connectivity index (χ1n) is 6.67.